The first-order chi connectivity index (χ1) is 20.3. The summed E-state index contributed by atoms with van der Waals surface area (Å²) in [6.07, 6.45) is 0.855. The molecule has 0 aromatic heterocycles. The molecule has 1 aliphatic rings. The first-order valence-corrected chi connectivity index (χ1v) is 15.9. The van der Waals surface area contributed by atoms with Crippen LogP contribution in [0, 0.1) is 7.14 Å². The van der Waals surface area contributed by atoms with E-state index in [2.05, 4.69) is 45.2 Å². The highest BCUT2D eigenvalue weighted by Crippen LogP contribution is 2.29. The van der Waals surface area contributed by atoms with Crippen molar-refractivity contribution >= 4 is 57.0 Å². The highest BCUT2D eigenvalue weighted by atomic mass is 127. The van der Waals surface area contributed by atoms with Crippen molar-refractivity contribution in [1.29, 1.82) is 0 Å². The van der Waals surface area contributed by atoms with E-state index in [0.717, 1.165) is 40.9 Å². The smallest absolute Gasteiger partial charge is 0.246 e. The quantitative estimate of drug-likeness (QED) is 0.172. The maximum atomic E-state index is 14.1. The molecule has 4 aromatic carbocycles. The van der Waals surface area contributed by atoms with E-state index in [4.69, 9.17) is 9.47 Å². The lowest BCUT2D eigenvalue weighted by Gasteiger charge is -2.44. The summed E-state index contributed by atoms with van der Waals surface area (Å²) in [4.78, 5) is 31.5. The number of hydrogen-bond donors (Lipinski definition) is 0. The molecule has 1 aliphatic heterocycles. The molecule has 0 N–H and O–H groups in total. The normalized spacial score (nSPS) is 17.0. The van der Waals surface area contributed by atoms with Crippen LogP contribution in [-0.2, 0) is 35.6 Å². The Kier molecular flexibility index (Phi) is 10.0. The van der Waals surface area contributed by atoms with Crippen LogP contribution in [0.1, 0.15) is 22.3 Å². The Hall–Kier alpha value is -3.12. The van der Waals surface area contributed by atoms with Gasteiger partial charge in [0.1, 0.15) is 30.2 Å². The van der Waals surface area contributed by atoms with Gasteiger partial charge < -0.3 is 19.3 Å². The van der Waals surface area contributed by atoms with Gasteiger partial charge in [0.25, 0.3) is 0 Å². The number of halogens is 2. The first kappa shape index (κ1) is 30.3. The second-order valence-electron chi connectivity index (χ2n) is 10.3. The lowest BCUT2D eigenvalue weighted by atomic mass is 9.94. The molecule has 0 aliphatic carbocycles. The maximum absolute atomic E-state index is 14.1. The minimum absolute atomic E-state index is 0.0470. The number of hydrogen-bond acceptors (Lipinski definition) is 4. The Morgan fingerprint density at radius 1 is 0.667 bits per heavy atom. The van der Waals surface area contributed by atoms with Gasteiger partial charge >= 0.3 is 0 Å². The molecule has 4 aromatic rings. The largest absolute Gasteiger partial charge is 0.496 e. The first-order valence-electron chi connectivity index (χ1n) is 13.7. The zero-order chi connectivity index (χ0) is 29.6. The van der Waals surface area contributed by atoms with Gasteiger partial charge in [-0.1, -0.05) is 72.8 Å². The van der Waals surface area contributed by atoms with E-state index < -0.39 is 12.1 Å². The van der Waals surface area contributed by atoms with E-state index in [1.165, 1.54) is 0 Å². The molecule has 8 heteroatoms. The number of nitrogens with zero attached hydrogens (tertiary/aromatic N) is 2. The Morgan fingerprint density at radius 3 is 1.79 bits per heavy atom. The van der Waals surface area contributed by atoms with Crippen molar-refractivity contribution in [2.24, 2.45) is 0 Å². The van der Waals surface area contributed by atoms with E-state index >= 15 is 0 Å². The van der Waals surface area contributed by atoms with Crippen molar-refractivity contribution in [3.8, 4) is 11.5 Å². The average Bonchev–Trinajstić information content (AvgIpc) is 3.00. The van der Waals surface area contributed by atoms with Gasteiger partial charge in [0, 0.05) is 26.4 Å². The van der Waals surface area contributed by atoms with Gasteiger partial charge in [0.2, 0.25) is 11.8 Å². The van der Waals surface area contributed by atoms with Gasteiger partial charge in [0.05, 0.1) is 14.3 Å². The standard InChI is InChI=1S/C34H32I2N2O4/c1-37-29(19-25-13-15-31(41-2)27(35)17-25)34(40)38(21-23-9-5-3-6-10-23)30(33(37)39)20-26-14-16-32(28(36)18-26)42-22-24-11-7-4-8-12-24/h3-18,29-30H,19-22H2,1-2H3/t29-,30-/m0/s1. The molecule has 6 nitrogen and oxygen atoms in total. The lowest BCUT2D eigenvalue weighted by molar-refractivity contribution is -0.160. The molecule has 0 bridgehead atoms. The van der Waals surface area contributed by atoms with Crippen LogP contribution in [0.2, 0.25) is 0 Å². The fraction of sp³-hybridized carbons (Fsp3) is 0.235. The summed E-state index contributed by atoms with van der Waals surface area (Å²) in [5.74, 6) is 1.48. The Balaban J connectivity index is 1.38. The van der Waals surface area contributed by atoms with Crippen molar-refractivity contribution in [2.75, 3.05) is 14.2 Å². The summed E-state index contributed by atoms with van der Waals surface area (Å²) in [7, 11) is 3.39. The molecular formula is C34H32I2N2O4. The maximum Gasteiger partial charge on any atom is 0.246 e. The predicted octanol–water partition coefficient (Wildman–Crippen LogP) is 6.51. The topological polar surface area (TPSA) is 59.1 Å². The molecule has 0 saturated carbocycles. The summed E-state index contributed by atoms with van der Waals surface area (Å²) in [6, 6.07) is 30.6. The molecule has 1 saturated heterocycles. The number of rotatable bonds is 10. The molecule has 2 amide bonds. The Bertz CT molecular complexity index is 1550. The van der Waals surface area contributed by atoms with Gasteiger partial charge in [-0.05, 0) is 91.7 Å². The second-order valence-corrected chi connectivity index (χ2v) is 12.7. The summed E-state index contributed by atoms with van der Waals surface area (Å²) in [6.45, 7) is 0.853. The number of likely N-dealkylation sites (N-methyl/N-ethyl adjacent to an activating group) is 1. The minimum atomic E-state index is -0.609. The van der Waals surface area contributed by atoms with Crippen molar-refractivity contribution in [3.63, 3.8) is 0 Å². The van der Waals surface area contributed by atoms with Crippen LogP contribution < -0.4 is 9.47 Å². The lowest BCUT2D eigenvalue weighted by Crippen LogP contribution is -2.64. The minimum Gasteiger partial charge on any atom is -0.496 e. The molecule has 0 unspecified atom stereocenters. The molecule has 0 radical (unpaired) electrons. The highest BCUT2D eigenvalue weighted by Gasteiger charge is 2.44. The van der Waals surface area contributed by atoms with Crippen LogP contribution in [0.3, 0.4) is 0 Å². The molecule has 1 fully saturated rings. The SMILES string of the molecule is COc1ccc(C[C@H]2C(=O)N(Cc3ccccc3)[C@@H](Cc3ccc(OCc4ccccc4)c(I)c3)C(=O)N2C)cc1I. The fourth-order valence-corrected chi connectivity index (χ4v) is 6.77. The number of amides is 2. The predicted molar refractivity (Wildman–Crippen MR) is 180 cm³/mol. The third-order valence-corrected chi connectivity index (χ3v) is 9.23. The third kappa shape index (κ3) is 7.08. The van der Waals surface area contributed by atoms with Crippen LogP contribution in [-0.4, -0.2) is 47.9 Å². The highest BCUT2D eigenvalue weighted by molar-refractivity contribution is 14.1. The van der Waals surface area contributed by atoms with Gasteiger partial charge in [0.15, 0.2) is 0 Å². The van der Waals surface area contributed by atoms with Gasteiger partial charge in [-0.3, -0.25) is 9.59 Å². The van der Waals surface area contributed by atoms with E-state index in [1.54, 1.807) is 24.0 Å². The number of benzene rings is 4. The number of carbonyl (C=O) groups excluding carboxylic acids is 2. The van der Waals surface area contributed by atoms with E-state index in [-0.39, 0.29) is 11.8 Å². The summed E-state index contributed by atoms with van der Waals surface area (Å²) < 4.78 is 13.4. The van der Waals surface area contributed by atoms with E-state index in [0.29, 0.717) is 26.0 Å². The van der Waals surface area contributed by atoms with Crippen LogP contribution in [0.15, 0.2) is 97.1 Å². The van der Waals surface area contributed by atoms with Crippen molar-refractivity contribution < 1.29 is 19.1 Å². The summed E-state index contributed by atoms with van der Waals surface area (Å²) in [5.41, 5.74) is 4.05. The van der Waals surface area contributed by atoms with Crippen LogP contribution in [0.4, 0.5) is 0 Å². The zero-order valence-electron chi connectivity index (χ0n) is 23.5. The number of ether oxygens (including phenoxy) is 2. The molecule has 2 atom stereocenters. The molecular weight excluding hydrogens is 754 g/mol. The van der Waals surface area contributed by atoms with E-state index in [9.17, 15) is 9.59 Å². The third-order valence-electron chi connectivity index (χ3n) is 7.55. The van der Waals surface area contributed by atoms with Crippen molar-refractivity contribution in [1.82, 2.24) is 9.80 Å². The zero-order valence-corrected chi connectivity index (χ0v) is 27.8. The van der Waals surface area contributed by atoms with Crippen LogP contribution >= 0.6 is 45.2 Å². The molecule has 42 heavy (non-hydrogen) atoms. The summed E-state index contributed by atoms with van der Waals surface area (Å²) in [5, 5.41) is 0. The summed E-state index contributed by atoms with van der Waals surface area (Å²) >= 11 is 4.51. The Morgan fingerprint density at radius 2 is 1.21 bits per heavy atom. The second kappa shape index (κ2) is 13.9. The monoisotopic (exact) mass is 786 g/mol. The number of carbonyl (C=O) groups is 2. The molecule has 216 valence electrons. The van der Waals surface area contributed by atoms with Crippen molar-refractivity contribution in [3.05, 3.63) is 126 Å². The van der Waals surface area contributed by atoms with Crippen LogP contribution in [0.5, 0.6) is 11.5 Å². The Labute approximate surface area is 274 Å². The molecule has 5 rings (SSSR count). The van der Waals surface area contributed by atoms with Gasteiger partial charge in [-0.25, -0.2) is 0 Å². The number of piperazine rings is 1. The van der Waals surface area contributed by atoms with Crippen molar-refractivity contribution in [2.45, 2.75) is 38.1 Å². The van der Waals surface area contributed by atoms with Gasteiger partial charge in [-0.15, -0.1) is 0 Å². The fourth-order valence-electron chi connectivity index (χ4n) is 5.23. The average molecular weight is 786 g/mol. The van der Waals surface area contributed by atoms with E-state index in [1.807, 2.05) is 97.1 Å². The number of methoxy groups -OCH3 is 1. The van der Waals surface area contributed by atoms with Gasteiger partial charge in [-0.2, -0.15) is 0 Å². The van der Waals surface area contributed by atoms with Crippen LogP contribution in [0.25, 0.3) is 0 Å². The molecule has 0 spiro atoms. The molecule has 1 heterocycles.